The number of hydrogen-bond donors (Lipinski definition) is 1. The van der Waals surface area contributed by atoms with E-state index < -0.39 is 0 Å². The monoisotopic (exact) mass is 231 g/mol. The summed E-state index contributed by atoms with van der Waals surface area (Å²) >= 11 is 0. The average Bonchev–Trinajstić information content (AvgIpc) is 2.78. The summed E-state index contributed by atoms with van der Waals surface area (Å²) in [7, 11) is 0. The van der Waals surface area contributed by atoms with Gasteiger partial charge < -0.3 is 10.3 Å². The zero-order valence-corrected chi connectivity index (χ0v) is 10.4. The Morgan fingerprint density at radius 2 is 1.82 bits per heavy atom. The summed E-state index contributed by atoms with van der Waals surface area (Å²) in [5.74, 6) is 1.27. The molecule has 90 valence electrons. The third-order valence-electron chi connectivity index (χ3n) is 2.52. The number of nitrogens with zero attached hydrogens (tertiary/aromatic N) is 2. The first-order valence-corrected chi connectivity index (χ1v) is 5.64. The third-order valence-corrected chi connectivity index (χ3v) is 2.52. The van der Waals surface area contributed by atoms with Gasteiger partial charge in [0.2, 0.25) is 11.7 Å². The summed E-state index contributed by atoms with van der Waals surface area (Å²) in [4.78, 5) is 4.40. The van der Waals surface area contributed by atoms with Crippen LogP contribution in [0.4, 0.5) is 0 Å². The van der Waals surface area contributed by atoms with Gasteiger partial charge in [-0.05, 0) is 5.56 Å². The zero-order chi connectivity index (χ0) is 12.5. The van der Waals surface area contributed by atoms with Crippen molar-refractivity contribution in [2.45, 2.75) is 32.7 Å². The summed E-state index contributed by atoms with van der Waals surface area (Å²) in [6.45, 7) is 6.67. The van der Waals surface area contributed by atoms with Crippen LogP contribution in [0.15, 0.2) is 28.8 Å². The molecule has 4 nitrogen and oxygen atoms in total. The largest absolute Gasteiger partial charge is 0.338 e. The van der Waals surface area contributed by atoms with Crippen molar-refractivity contribution in [3.8, 4) is 11.4 Å². The minimum absolute atomic E-state index is 0.123. The van der Waals surface area contributed by atoms with Crippen molar-refractivity contribution in [1.29, 1.82) is 0 Å². The lowest BCUT2D eigenvalue weighted by Gasteiger charge is -2.10. The van der Waals surface area contributed by atoms with E-state index in [1.807, 2.05) is 45.0 Å². The van der Waals surface area contributed by atoms with Gasteiger partial charge >= 0.3 is 0 Å². The lowest BCUT2D eigenvalue weighted by Crippen LogP contribution is -2.11. The highest BCUT2D eigenvalue weighted by atomic mass is 16.5. The van der Waals surface area contributed by atoms with Crippen LogP contribution in [0.25, 0.3) is 11.4 Å². The van der Waals surface area contributed by atoms with Gasteiger partial charge in [0.1, 0.15) is 0 Å². The Kier molecular flexibility index (Phi) is 2.98. The summed E-state index contributed by atoms with van der Waals surface area (Å²) in [6.07, 6.45) is 0. The first-order valence-electron chi connectivity index (χ1n) is 5.64. The van der Waals surface area contributed by atoms with E-state index in [0.717, 1.165) is 11.1 Å². The topological polar surface area (TPSA) is 64.9 Å². The van der Waals surface area contributed by atoms with E-state index in [-0.39, 0.29) is 5.41 Å². The van der Waals surface area contributed by atoms with Gasteiger partial charge in [0.05, 0.1) is 0 Å². The van der Waals surface area contributed by atoms with Gasteiger partial charge in [0.25, 0.3) is 0 Å². The van der Waals surface area contributed by atoms with E-state index in [9.17, 15) is 0 Å². The Hall–Kier alpha value is -1.68. The fourth-order valence-electron chi connectivity index (χ4n) is 1.44. The molecule has 0 saturated carbocycles. The Morgan fingerprint density at radius 1 is 1.18 bits per heavy atom. The highest BCUT2D eigenvalue weighted by Gasteiger charge is 2.22. The second kappa shape index (κ2) is 4.30. The summed E-state index contributed by atoms with van der Waals surface area (Å²) in [5, 5.41) is 3.99. The van der Waals surface area contributed by atoms with Crippen LogP contribution in [-0.2, 0) is 12.0 Å². The molecule has 1 aromatic heterocycles. The molecule has 2 rings (SSSR count). The van der Waals surface area contributed by atoms with Crippen molar-refractivity contribution in [3.63, 3.8) is 0 Å². The van der Waals surface area contributed by atoms with Gasteiger partial charge in [-0.2, -0.15) is 4.98 Å². The molecule has 2 aromatic rings. The molecule has 1 heterocycles. The Labute approximate surface area is 101 Å². The van der Waals surface area contributed by atoms with Crippen molar-refractivity contribution in [3.05, 3.63) is 35.7 Å². The van der Waals surface area contributed by atoms with E-state index in [1.54, 1.807) is 0 Å². The zero-order valence-electron chi connectivity index (χ0n) is 10.4. The van der Waals surface area contributed by atoms with Crippen molar-refractivity contribution < 1.29 is 4.52 Å². The molecule has 0 aliphatic heterocycles. The maximum absolute atomic E-state index is 5.55. The molecule has 0 aliphatic rings. The molecular weight excluding hydrogens is 214 g/mol. The minimum Gasteiger partial charge on any atom is -0.338 e. The fourth-order valence-corrected chi connectivity index (χ4v) is 1.44. The molecule has 0 radical (unpaired) electrons. The molecule has 0 bridgehead atoms. The average molecular weight is 231 g/mol. The maximum Gasteiger partial charge on any atom is 0.232 e. The van der Waals surface area contributed by atoms with Crippen molar-refractivity contribution >= 4 is 0 Å². The molecule has 17 heavy (non-hydrogen) atoms. The van der Waals surface area contributed by atoms with Crippen molar-refractivity contribution in [2.75, 3.05) is 0 Å². The van der Waals surface area contributed by atoms with Crippen LogP contribution in [0, 0.1) is 0 Å². The highest BCUT2D eigenvalue weighted by molar-refractivity contribution is 5.54. The highest BCUT2D eigenvalue weighted by Crippen LogP contribution is 2.23. The predicted molar refractivity (Wildman–Crippen MR) is 66.3 cm³/mol. The number of nitrogens with two attached hydrogens (primary N) is 1. The van der Waals surface area contributed by atoms with E-state index >= 15 is 0 Å². The van der Waals surface area contributed by atoms with Gasteiger partial charge in [-0.25, -0.2) is 0 Å². The van der Waals surface area contributed by atoms with Gasteiger partial charge in [-0.3, -0.25) is 0 Å². The van der Waals surface area contributed by atoms with E-state index in [2.05, 4.69) is 10.1 Å². The molecular formula is C13H17N3O. The summed E-state index contributed by atoms with van der Waals surface area (Å²) in [5.41, 5.74) is 7.46. The van der Waals surface area contributed by atoms with E-state index in [1.165, 1.54) is 0 Å². The number of benzene rings is 1. The molecule has 0 unspecified atom stereocenters. The lowest BCUT2D eigenvalue weighted by atomic mass is 9.97. The van der Waals surface area contributed by atoms with E-state index in [4.69, 9.17) is 10.3 Å². The molecule has 0 aliphatic carbocycles. The molecule has 1 aromatic carbocycles. The van der Waals surface area contributed by atoms with Crippen LogP contribution >= 0.6 is 0 Å². The first kappa shape index (κ1) is 11.8. The fraction of sp³-hybridized carbons (Fsp3) is 0.385. The van der Waals surface area contributed by atoms with Gasteiger partial charge in [-0.15, -0.1) is 0 Å². The number of aromatic nitrogens is 2. The van der Waals surface area contributed by atoms with Crippen LogP contribution in [0.1, 0.15) is 32.2 Å². The SMILES string of the molecule is CC(C)(C)c1nc(-c2ccc(CN)cc2)no1. The number of hydrogen-bond acceptors (Lipinski definition) is 4. The van der Waals surface area contributed by atoms with Gasteiger partial charge in [0.15, 0.2) is 0 Å². The van der Waals surface area contributed by atoms with Crippen LogP contribution in [0.3, 0.4) is 0 Å². The Bertz CT molecular complexity index is 494. The summed E-state index contributed by atoms with van der Waals surface area (Å²) in [6, 6.07) is 7.86. The predicted octanol–water partition coefficient (Wildman–Crippen LogP) is 2.49. The summed E-state index contributed by atoms with van der Waals surface area (Å²) < 4.78 is 5.25. The molecule has 0 amide bonds. The number of rotatable bonds is 2. The lowest BCUT2D eigenvalue weighted by molar-refractivity contribution is 0.321. The normalized spacial score (nSPS) is 11.8. The van der Waals surface area contributed by atoms with Crippen LogP contribution in [0.2, 0.25) is 0 Å². The molecule has 0 atom stereocenters. The van der Waals surface area contributed by atoms with Crippen molar-refractivity contribution in [1.82, 2.24) is 10.1 Å². The second-order valence-electron chi connectivity index (χ2n) is 5.07. The van der Waals surface area contributed by atoms with Crippen LogP contribution in [0.5, 0.6) is 0 Å². The van der Waals surface area contributed by atoms with Gasteiger partial charge in [-0.1, -0.05) is 50.2 Å². The molecule has 0 saturated heterocycles. The quantitative estimate of drug-likeness (QED) is 0.862. The molecule has 4 heteroatoms. The molecule has 0 fully saturated rings. The van der Waals surface area contributed by atoms with Gasteiger partial charge in [0, 0.05) is 17.5 Å². The standard InChI is InChI=1S/C13H17N3O/c1-13(2,3)12-15-11(16-17-12)10-6-4-9(8-14)5-7-10/h4-7H,8,14H2,1-3H3. The Morgan fingerprint density at radius 3 is 2.29 bits per heavy atom. The van der Waals surface area contributed by atoms with Crippen molar-refractivity contribution in [2.24, 2.45) is 5.73 Å². The Balaban J connectivity index is 2.30. The molecule has 0 spiro atoms. The van der Waals surface area contributed by atoms with E-state index in [0.29, 0.717) is 18.3 Å². The second-order valence-corrected chi connectivity index (χ2v) is 5.07. The first-order chi connectivity index (χ1) is 8.00. The molecule has 2 N–H and O–H groups in total. The van der Waals surface area contributed by atoms with Crippen LogP contribution < -0.4 is 5.73 Å². The third kappa shape index (κ3) is 2.53. The van der Waals surface area contributed by atoms with Crippen LogP contribution in [-0.4, -0.2) is 10.1 Å². The maximum atomic E-state index is 5.55. The smallest absolute Gasteiger partial charge is 0.232 e. The minimum atomic E-state index is -0.123.